The van der Waals surface area contributed by atoms with Crippen LogP contribution in [-0.4, -0.2) is 30.9 Å². The fourth-order valence-corrected chi connectivity index (χ4v) is 3.76. The molecule has 1 amide bonds. The molecule has 2 aromatic rings. The number of carbonyl (C=O) groups is 1. The first-order valence-corrected chi connectivity index (χ1v) is 9.61. The lowest BCUT2D eigenvalue weighted by Crippen LogP contribution is -2.22. The van der Waals surface area contributed by atoms with Crippen LogP contribution in [-0.2, 0) is 6.42 Å². The molecule has 2 aromatic carbocycles. The van der Waals surface area contributed by atoms with Crippen LogP contribution in [0.15, 0.2) is 36.4 Å². The molecule has 1 aliphatic carbocycles. The molecular formula is C23H30N2O. The molecule has 0 spiro atoms. The Morgan fingerprint density at radius 2 is 1.77 bits per heavy atom. The zero-order valence-electron chi connectivity index (χ0n) is 16.4. The van der Waals surface area contributed by atoms with Crippen LogP contribution in [0, 0.1) is 13.8 Å². The van der Waals surface area contributed by atoms with Crippen molar-refractivity contribution in [1.82, 2.24) is 4.90 Å². The molecule has 26 heavy (non-hydrogen) atoms. The van der Waals surface area contributed by atoms with Crippen molar-refractivity contribution >= 4 is 11.6 Å². The van der Waals surface area contributed by atoms with Crippen molar-refractivity contribution < 1.29 is 4.79 Å². The van der Waals surface area contributed by atoms with Gasteiger partial charge in [-0.25, -0.2) is 0 Å². The summed E-state index contributed by atoms with van der Waals surface area (Å²) in [5.74, 6) is 0.0668. The van der Waals surface area contributed by atoms with Gasteiger partial charge in [0.15, 0.2) is 0 Å². The maximum atomic E-state index is 12.4. The first-order chi connectivity index (χ1) is 12.4. The fourth-order valence-electron chi connectivity index (χ4n) is 3.76. The van der Waals surface area contributed by atoms with E-state index in [1.807, 2.05) is 13.0 Å². The first-order valence-electron chi connectivity index (χ1n) is 9.61. The van der Waals surface area contributed by atoms with Gasteiger partial charge in [-0.15, -0.1) is 0 Å². The van der Waals surface area contributed by atoms with Crippen LogP contribution >= 0.6 is 0 Å². The van der Waals surface area contributed by atoms with Gasteiger partial charge in [0, 0.05) is 31.4 Å². The third kappa shape index (κ3) is 4.27. The topological polar surface area (TPSA) is 32.3 Å². The average molecular weight is 351 g/mol. The monoisotopic (exact) mass is 350 g/mol. The van der Waals surface area contributed by atoms with Gasteiger partial charge in [0.2, 0.25) is 0 Å². The lowest BCUT2D eigenvalue weighted by Gasteiger charge is -2.16. The van der Waals surface area contributed by atoms with E-state index in [2.05, 4.69) is 42.6 Å². The molecule has 1 aliphatic rings. The van der Waals surface area contributed by atoms with Crippen molar-refractivity contribution in [2.24, 2.45) is 0 Å². The zero-order chi connectivity index (χ0) is 18.7. The summed E-state index contributed by atoms with van der Waals surface area (Å²) in [7, 11) is 3.60. The molecule has 1 saturated carbocycles. The van der Waals surface area contributed by atoms with Gasteiger partial charge < -0.3 is 10.2 Å². The third-order valence-electron chi connectivity index (χ3n) is 5.40. The number of aryl methyl sites for hydroxylation is 2. The summed E-state index contributed by atoms with van der Waals surface area (Å²) in [4.78, 5) is 14.0. The Kier molecular flexibility index (Phi) is 5.65. The second-order valence-corrected chi connectivity index (χ2v) is 7.79. The Morgan fingerprint density at radius 1 is 1.04 bits per heavy atom. The van der Waals surface area contributed by atoms with Crippen molar-refractivity contribution in [3.8, 4) is 0 Å². The number of nitrogens with zero attached hydrogens (tertiary/aromatic N) is 1. The Hall–Kier alpha value is -2.29. The molecule has 138 valence electrons. The summed E-state index contributed by atoms with van der Waals surface area (Å²) in [6.45, 7) is 4.17. The molecule has 0 radical (unpaired) electrons. The Labute approximate surface area is 157 Å². The second-order valence-electron chi connectivity index (χ2n) is 7.79. The van der Waals surface area contributed by atoms with E-state index in [1.54, 1.807) is 19.0 Å². The number of benzene rings is 2. The number of rotatable bonds is 5. The largest absolute Gasteiger partial charge is 0.382 e. The van der Waals surface area contributed by atoms with Gasteiger partial charge in [0.25, 0.3) is 5.91 Å². The third-order valence-corrected chi connectivity index (χ3v) is 5.40. The lowest BCUT2D eigenvalue weighted by atomic mass is 9.96. The average Bonchev–Trinajstić information content (AvgIpc) is 3.11. The van der Waals surface area contributed by atoms with E-state index in [4.69, 9.17) is 0 Å². The molecule has 0 aromatic heterocycles. The molecule has 3 nitrogen and oxygen atoms in total. The van der Waals surface area contributed by atoms with E-state index in [0.717, 1.165) is 17.5 Å². The van der Waals surface area contributed by atoms with Crippen LogP contribution in [0.2, 0.25) is 0 Å². The summed E-state index contributed by atoms with van der Waals surface area (Å²) in [6, 6.07) is 13.5. The minimum Gasteiger partial charge on any atom is -0.382 e. The maximum absolute atomic E-state index is 12.4. The number of hydrogen-bond acceptors (Lipinski definition) is 2. The minimum atomic E-state index is 0.0668. The van der Waals surface area contributed by atoms with Crippen molar-refractivity contribution in [1.29, 1.82) is 0 Å². The van der Waals surface area contributed by atoms with Crippen LogP contribution < -0.4 is 5.32 Å². The van der Waals surface area contributed by atoms with E-state index in [9.17, 15) is 4.79 Å². The van der Waals surface area contributed by atoms with E-state index in [0.29, 0.717) is 6.04 Å². The van der Waals surface area contributed by atoms with Crippen LogP contribution in [0.3, 0.4) is 0 Å². The maximum Gasteiger partial charge on any atom is 0.253 e. The van der Waals surface area contributed by atoms with Gasteiger partial charge in [-0.05, 0) is 73.6 Å². The van der Waals surface area contributed by atoms with Gasteiger partial charge >= 0.3 is 0 Å². The molecule has 3 rings (SSSR count). The van der Waals surface area contributed by atoms with Gasteiger partial charge in [-0.1, -0.05) is 31.0 Å². The summed E-state index contributed by atoms with van der Waals surface area (Å²) < 4.78 is 0. The van der Waals surface area contributed by atoms with Gasteiger partial charge in [0.1, 0.15) is 0 Å². The van der Waals surface area contributed by atoms with Crippen molar-refractivity contribution in [2.75, 3.05) is 19.4 Å². The van der Waals surface area contributed by atoms with E-state index >= 15 is 0 Å². The van der Waals surface area contributed by atoms with E-state index in [1.165, 1.54) is 48.1 Å². The first kappa shape index (κ1) is 18.5. The Morgan fingerprint density at radius 3 is 2.42 bits per heavy atom. The normalized spacial score (nSPS) is 14.5. The Balaban J connectivity index is 1.76. The molecule has 0 atom stereocenters. The second kappa shape index (κ2) is 7.94. The van der Waals surface area contributed by atoms with Gasteiger partial charge in [-0.3, -0.25) is 4.79 Å². The highest BCUT2D eigenvalue weighted by atomic mass is 16.2. The van der Waals surface area contributed by atoms with Gasteiger partial charge in [-0.2, -0.15) is 0 Å². The lowest BCUT2D eigenvalue weighted by molar-refractivity contribution is 0.0827. The molecule has 1 N–H and O–H groups in total. The van der Waals surface area contributed by atoms with E-state index in [-0.39, 0.29) is 5.91 Å². The summed E-state index contributed by atoms with van der Waals surface area (Å²) in [5, 5.41) is 3.67. The van der Waals surface area contributed by atoms with Crippen LogP contribution in [0.1, 0.15) is 58.3 Å². The number of hydrogen-bond donors (Lipinski definition) is 1. The van der Waals surface area contributed by atoms with Gasteiger partial charge in [0.05, 0.1) is 0 Å². The molecule has 0 aliphatic heterocycles. The van der Waals surface area contributed by atoms with Crippen LogP contribution in [0.25, 0.3) is 0 Å². The molecule has 0 unspecified atom stereocenters. The predicted octanol–water partition coefficient (Wildman–Crippen LogP) is 4.95. The standard InChI is InChI=1S/C23H30N2O/c1-16-9-10-18(15-22(16)23(26)25(3)4)14-19-11-12-21(13-17(19)2)24-20-7-5-6-8-20/h9-13,15,20,24H,5-8,14H2,1-4H3. The molecular weight excluding hydrogens is 320 g/mol. The highest BCUT2D eigenvalue weighted by molar-refractivity contribution is 5.95. The van der Waals surface area contributed by atoms with Crippen molar-refractivity contribution in [3.63, 3.8) is 0 Å². The van der Waals surface area contributed by atoms with Crippen LogP contribution in [0.5, 0.6) is 0 Å². The highest BCUT2D eigenvalue weighted by Crippen LogP contribution is 2.25. The van der Waals surface area contributed by atoms with Crippen molar-refractivity contribution in [2.45, 2.75) is 52.0 Å². The van der Waals surface area contributed by atoms with Crippen LogP contribution in [0.4, 0.5) is 5.69 Å². The number of anilines is 1. The zero-order valence-corrected chi connectivity index (χ0v) is 16.4. The molecule has 0 heterocycles. The molecule has 0 saturated heterocycles. The smallest absolute Gasteiger partial charge is 0.253 e. The summed E-state index contributed by atoms with van der Waals surface area (Å²) >= 11 is 0. The molecule has 0 bridgehead atoms. The molecule has 1 fully saturated rings. The quantitative estimate of drug-likeness (QED) is 0.827. The number of nitrogens with one attached hydrogen (secondary N) is 1. The minimum absolute atomic E-state index is 0.0668. The van der Waals surface area contributed by atoms with E-state index < -0.39 is 0 Å². The fraction of sp³-hybridized carbons (Fsp3) is 0.435. The predicted molar refractivity (Wildman–Crippen MR) is 109 cm³/mol. The number of amides is 1. The molecule has 3 heteroatoms. The number of carbonyl (C=O) groups excluding carboxylic acids is 1. The highest BCUT2D eigenvalue weighted by Gasteiger charge is 2.15. The summed E-state index contributed by atoms with van der Waals surface area (Å²) in [6.07, 6.45) is 6.11. The summed E-state index contributed by atoms with van der Waals surface area (Å²) in [5.41, 5.74) is 6.85. The Bertz CT molecular complexity index is 789. The SMILES string of the molecule is Cc1cc(NC2CCCC2)ccc1Cc1ccc(C)c(C(=O)N(C)C)c1. The van der Waals surface area contributed by atoms with Crippen molar-refractivity contribution in [3.05, 3.63) is 64.2 Å².